The van der Waals surface area contributed by atoms with Crippen molar-refractivity contribution in [3.63, 3.8) is 0 Å². The molecule has 0 bridgehead atoms. The monoisotopic (exact) mass is 504 g/mol. The van der Waals surface area contributed by atoms with E-state index in [9.17, 15) is 18.0 Å². The minimum absolute atomic E-state index is 0.0145. The lowest BCUT2D eigenvalue weighted by molar-refractivity contribution is -0.173. The van der Waals surface area contributed by atoms with E-state index in [4.69, 9.17) is 5.73 Å². The Morgan fingerprint density at radius 1 is 1.03 bits per heavy atom. The number of alkyl halides is 3. The highest BCUT2D eigenvalue weighted by atomic mass is 19.4. The highest BCUT2D eigenvalue weighted by Gasteiger charge is 2.33. The molecule has 4 rings (SSSR count). The second-order valence-electron chi connectivity index (χ2n) is 9.32. The van der Waals surface area contributed by atoms with E-state index in [-0.39, 0.29) is 17.7 Å². The van der Waals surface area contributed by atoms with Crippen molar-refractivity contribution in [3.8, 4) is 0 Å². The molecule has 0 aromatic carbocycles. The number of aromatic nitrogens is 2. The van der Waals surface area contributed by atoms with E-state index in [0.29, 0.717) is 43.2 Å². The number of carbonyl (C=O) groups is 1. The number of hydrogen-bond acceptors (Lipinski definition) is 7. The Labute approximate surface area is 208 Å². The molecule has 2 aromatic rings. The lowest BCUT2D eigenvalue weighted by Gasteiger charge is -2.37. The van der Waals surface area contributed by atoms with Gasteiger partial charge in [0.2, 0.25) is 12.5 Å². The average molecular weight is 505 g/mol. The molecule has 11 heteroatoms. The van der Waals surface area contributed by atoms with E-state index < -0.39 is 12.8 Å². The van der Waals surface area contributed by atoms with E-state index in [0.717, 1.165) is 38.0 Å². The summed E-state index contributed by atoms with van der Waals surface area (Å²) in [5.41, 5.74) is 7.77. The van der Waals surface area contributed by atoms with Gasteiger partial charge in [0.05, 0.1) is 5.69 Å². The summed E-state index contributed by atoms with van der Waals surface area (Å²) >= 11 is 0. The van der Waals surface area contributed by atoms with Crippen LogP contribution in [-0.4, -0.2) is 70.3 Å². The number of anilines is 1. The molecular formula is C25H31F3N6O2. The van der Waals surface area contributed by atoms with Gasteiger partial charge in [-0.3, -0.25) is 14.7 Å². The number of hydrogen-bond donors (Lipinski definition) is 1. The lowest BCUT2D eigenvalue weighted by atomic mass is 9.88. The van der Waals surface area contributed by atoms with E-state index >= 15 is 0 Å². The zero-order valence-corrected chi connectivity index (χ0v) is 20.0. The highest BCUT2D eigenvalue weighted by Crippen LogP contribution is 2.27. The fourth-order valence-corrected chi connectivity index (χ4v) is 4.84. The standard InChI is InChI=1S/C25H31F3N6O2/c26-25(27,28)17-36-32-23(21-3-1-2-9-30-21)19-7-13-34(14-8-19)24(35)20-5-11-33(12-6-20)16-18-4-10-31-22(29)15-18/h1-4,9-10,15,19-20H,5-8,11-14,16-17H2,(H2,29,31)/b32-23+. The number of oxime groups is 1. The molecule has 2 aliphatic heterocycles. The van der Waals surface area contributed by atoms with Crippen molar-refractivity contribution in [2.24, 2.45) is 17.0 Å². The zero-order valence-electron chi connectivity index (χ0n) is 20.0. The lowest BCUT2D eigenvalue weighted by Crippen LogP contribution is -2.46. The zero-order chi connectivity index (χ0) is 25.5. The predicted molar refractivity (Wildman–Crippen MR) is 129 cm³/mol. The topological polar surface area (TPSA) is 96.9 Å². The molecule has 0 atom stereocenters. The van der Waals surface area contributed by atoms with Crippen molar-refractivity contribution in [2.45, 2.75) is 38.4 Å². The molecular weight excluding hydrogens is 473 g/mol. The first kappa shape index (κ1) is 25.9. The third-order valence-electron chi connectivity index (χ3n) is 6.70. The van der Waals surface area contributed by atoms with Gasteiger partial charge in [0.25, 0.3) is 0 Å². The maximum atomic E-state index is 13.2. The summed E-state index contributed by atoms with van der Waals surface area (Å²) in [6.07, 6.45) is 1.60. The van der Waals surface area contributed by atoms with Gasteiger partial charge in [-0.1, -0.05) is 11.2 Å². The summed E-state index contributed by atoms with van der Waals surface area (Å²) in [5, 5.41) is 3.82. The first-order valence-electron chi connectivity index (χ1n) is 12.2. The van der Waals surface area contributed by atoms with E-state index in [1.165, 1.54) is 0 Å². The Morgan fingerprint density at radius 3 is 2.39 bits per heavy atom. The van der Waals surface area contributed by atoms with Gasteiger partial charge in [-0.05, 0) is 68.6 Å². The van der Waals surface area contributed by atoms with Crippen LogP contribution in [0, 0.1) is 11.8 Å². The summed E-state index contributed by atoms with van der Waals surface area (Å²) in [5.74, 6) is 0.515. The van der Waals surface area contributed by atoms with Crippen molar-refractivity contribution < 1.29 is 22.8 Å². The van der Waals surface area contributed by atoms with Crippen LogP contribution in [-0.2, 0) is 16.2 Å². The minimum atomic E-state index is -4.46. The molecule has 2 saturated heterocycles. The van der Waals surface area contributed by atoms with Crippen molar-refractivity contribution >= 4 is 17.4 Å². The summed E-state index contributed by atoms with van der Waals surface area (Å²) in [4.78, 5) is 30.3. The smallest absolute Gasteiger partial charge is 0.386 e. The van der Waals surface area contributed by atoms with E-state index in [1.807, 2.05) is 17.0 Å². The first-order chi connectivity index (χ1) is 17.3. The minimum Gasteiger partial charge on any atom is -0.386 e. The molecule has 2 fully saturated rings. The predicted octanol–water partition coefficient (Wildman–Crippen LogP) is 3.49. The van der Waals surface area contributed by atoms with Crippen LogP contribution >= 0.6 is 0 Å². The van der Waals surface area contributed by atoms with Gasteiger partial charge in [-0.2, -0.15) is 13.2 Å². The van der Waals surface area contributed by atoms with Crippen LogP contribution in [0.1, 0.15) is 36.9 Å². The van der Waals surface area contributed by atoms with Gasteiger partial charge in [0.15, 0.2) is 0 Å². The summed E-state index contributed by atoms with van der Waals surface area (Å²) < 4.78 is 37.7. The van der Waals surface area contributed by atoms with E-state index in [1.54, 1.807) is 30.6 Å². The Bertz CT molecular complexity index is 1030. The van der Waals surface area contributed by atoms with Crippen molar-refractivity contribution in [3.05, 3.63) is 54.0 Å². The molecule has 2 aliphatic rings. The van der Waals surface area contributed by atoms with Gasteiger partial charge >= 0.3 is 6.18 Å². The van der Waals surface area contributed by atoms with Gasteiger partial charge < -0.3 is 15.5 Å². The van der Waals surface area contributed by atoms with Gasteiger partial charge in [0, 0.05) is 43.9 Å². The molecule has 0 unspecified atom stereocenters. The molecule has 0 spiro atoms. The van der Waals surface area contributed by atoms with Crippen LogP contribution in [0.15, 0.2) is 47.9 Å². The Balaban J connectivity index is 1.29. The molecule has 0 saturated carbocycles. The number of piperidine rings is 2. The number of nitrogens with zero attached hydrogens (tertiary/aromatic N) is 5. The second-order valence-corrected chi connectivity index (χ2v) is 9.32. The third kappa shape index (κ3) is 7.16. The van der Waals surface area contributed by atoms with Crippen molar-refractivity contribution in [2.75, 3.05) is 38.5 Å². The van der Waals surface area contributed by atoms with Gasteiger partial charge in [0.1, 0.15) is 11.5 Å². The molecule has 4 heterocycles. The summed E-state index contributed by atoms with van der Waals surface area (Å²) in [7, 11) is 0. The molecule has 2 N–H and O–H groups in total. The largest absolute Gasteiger partial charge is 0.425 e. The normalized spacial score (nSPS) is 18.9. The molecule has 8 nitrogen and oxygen atoms in total. The summed E-state index contributed by atoms with van der Waals surface area (Å²) in [6, 6.07) is 9.03. The molecule has 1 amide bonds. The quantitative estimate of drug-likeness (QED) is 0.458. The SMILES string of the molecule is Nc1cc(CN2CCC(C(=O)N3CCC(/C(=N\OCC(F)(F)F)c4ccccn4)CC3)CC2)ccn1. The summed E-state index contributed by atoms with van der Waals surface area (Å²) in [6.45, 7) is 2.07. The van der Waals surface area contributed by atoms with Crippen LogP contribution in [0.4, 0.5) is 19.0 Å². The number of carbonyl (C=O) groups excluding carboxylic acids is 1. The van der Waals surface area contributed by atoms with Crippen LogP contribution < -0.4 is 5.73 Å². The third-order valence-corrected chi connectivity index (χ3v) is 6.70. The number of likely N-dealkylation sites (tertiary alicyclic amines) is 2. The van der Waals surface area contributed by atoms with Crippen molar-refractivity contribution in [1.29, 1.82) is 0 Å². The molecule has 0 radical (unpaired) electrons. The Morgan fingerprint density at radius 2 is 1.75 bits per heavy atom. The maximum Gasteiger partial charge on any atom is 0.425 e. The number of amides is 1. The van der Waals surface area contributed by atoms with Gasteiger partial charge in [-0.15, -0.1) is 0 Å². The maximum absolute atomic E-state index is 13.2. The highest BCUT2D eigenvalue weighted by molar-refractivity contribution is 6.00. The number of nitrogen functional groups attached to an aromatic ring is 1. The van der Waals surface area contributed by atoms with Crippen molar-refractivity contribution in [1.82, 2.24) is 19.8 Å². The number of halogens is 3. The Hall–Kier alpha value is -3.21. The van der Waals surface area contributed by atoms with Gasteiger partial charge in [-0.25, -0.2) is 4.98 Å². The second kappa shape index (κ2) is 11.7. The van der Waals surface area contributed by atoms with Crippen LogP contribution in [0.3, 0.4) is 0 Å². The first-order valence-corrected chi connectivity index (χ1v) is 12.2. The molecule has 194 valence electrons. The average Bonchev–Trinajstić information content (AvgIpc) is 2.87. The van der Waals surface area contributed by atoms with Crippen LogP contribution in [0.2, 0.25) is 0 Å². The van der Waals surface area contributed by atoms with E-state index in [2.05, 4.69) is 24.9 Å². The number of rotatable bonds is 7. The van der Waals surface area contributed by atoms with Crippen LogP contribution in [0.5, 0.6) is 0 Å². The van der Waals surface area contributed by atoms with Crippen LogP contribution in [0.25, 0.3) is 0 Å². The molecule has 2 aromatic heterocycles. The molecule has 36 heavy (non-hydrogen) atoms. The number of pyridine rings is 2. The number of nitrogens with two attached hydrogens (primary N) is 1. The fourth-order valence-electron chi connectivity index (χ4n) is 4.84. The fraction of sp³-hybridized carbons (Fsp3) is 0.520. The molecule has 0 aliphatic carbocycles. The Kier molecular flexibility index (Phi) is 8.40.